The van der Waals surface area contributed by atoms with Crippen LogP contribution < -0.4 is 10.5 Å². The molecule has 2 N–H and O–H groups in total. The van der Waals surface area contributed by atoms with E-state index in [9.17, 15) is 4.79 Å². The quantitative estimate of drug-likeness (QED) is 0.836. The van der Waals surface area contributed by atoms with E-state index in [0.717, 1.165) is 22.6 Å². The summed E-state index contributed by atoms with van der Waals surface area (Å²) >= 11 is 1.70. The maximum atomic E-state index is 12.2. The second-order valence-corrected chi connectivity index (χ2v) is 5.88. The molecule has 0 aliphatic rings. The highest BCUT2D eigenvalue weighted by atomic mass is 32.2. The van der Waals surface area contributed by atoms with E-state index >= 15 is 0 Å². The third-order valence-corrected chi connectivity index (χ3v) is 3.81. The van der Waals surface area contributed by atoms with Crippen molar-refractivity contribution in [1.29, 1.82) is 0 Å². The Balaban J connectivity index is 2.72. The van der Waals surface area contributed by atoms with Crippen LogP contribution in [0.4, 0.5) is 0 Å². The Morgan fingerprint density at radius 3 is 2.80 bits per heavy atom. The summed E-state index contributed by atoms with van der Waals surface area (Å²) < 4.78 is 5.33. The number of benzene rings is 1. The summed E-state index contributed by atoms with van der Waals surface area (Å²) in [6, 6.07) is 5.53. The molecule has 5 heteroatoms. The molecule has 0 saturated carbocycles. The number of carbonyl (C=O) groups is 1. The highest BCUT2D eigenvalue weighted by Gasteiger charge is 2.18. The van der Waals surface area contributed by atoms with Crippen LogP contribution in [0.5, 0.6) is 5.75 Å². The molecule has 1 aromatic rings. The zero-order chi connectivity index (χ0) is 15.1. The molecule has 0 bridgehead atoms. The molecule has 0 heterocycles. The van der Waals surface area contributed by atoms with E-state index in [2.05, 4.69) is 0 Å². The van der Waals surface area contributed by atoms with E-state index in [1.807, 2.05) is 31.4 Å². The van der Waals surface area contributed by atoms with Gasteiger partial charge in [-0.1, -0.05) is 17.7 Å². The second-order valence-electron chi connectivity index (χ2n) is 4.90. The number of thioether (sulfide) groups is 1. The molecule has 0 aromatic heterocycles. The Labute approximate surface area is 125 Å². The van der Waals surface area contributed by atoms with Crippen LogP contribution in [-0.4, -0.2) is 43.0 Å². The van der Waals surface area contributed by atoms with Crippen LogP contribution in [0.1, 0.15) is 17.5 Å². The first-order chi connectivity index (χ1) is 9.49. The molecule has 1 amide bonds. The van der Waals surface area contributed by atoms with Crippen molar-refractivity contribution in [3.63, 3.8) is 0 Å². The first kappa shape index (κ1) is 16.9. The van der Waals surface area contributed by atoms with Crippen molar-refractivity contribution in [3.05, 3.63) is 29.3 Å². The fourth-order valence-electron chi connectivity index (χ4n) is 2.02. The number of aryl methyl sites for hydroxylation is 1. The predicted molar refractivity (Wildman–Crippen MR) is 85.2 cm³/mol. The van der Waals surface area contributed by atoms with Gasteiger partial charge in [0.2, 0.25) is 5.91 Å². The lowest BCUT2D eigenvalue weighted by Gasteiger charge is -2.22. The number of likely N-dealkylation sites (N-methyl/N-ethyl adjacent to an activating group) is 1. The highest BCUT2D eigenvalue weighted by molar-refractivity contribution is 7.98. The number of hydrogen-bond acceptors (Lipinski definition) is 4. The normalized spacial score (nSPS) is 12.1. The fourth-order valence-corrected chi connectivity index (χ4v) is 2.51. The minimum Gasteiger partial charge on any atom is -0.496 e. The number of ether oxygens (including phenoxy) is 1. The van der Waals surface area contributed by atoms with Gasteiger partial charge in [-0.15, -0.1) is 0 Å². The van der Waals surface area contributed by atoms with Gasteiger partial charge in [0.05, 0.1) is 13.2 Å². The van der Waals surface area contributed by atoms with Crippen molar-refractivity contribution >= 4 is 17.7 Å². The molecule has 0 aliphatic carbocycles. The average molecular weight is 296 g/mol. The molecule has 0 spiro atoms. The van der Waals surface area contributed by atoms with E-state index in [4.69, 9.17) is 10.5 Å². The summed E-state index contributed by atoms with van der Waals surface area (Å²) in [5.41, 5.74) is 8.07. The van der Waals surface area contributed by atoms with Gasteiger partial charge in [0.25, 0.3) is 0 Å². The van der Waals surface area contributed by atoms with Crippen LogP contribution >= 0.6 is 11.8 Å². The SMILES string of the molecule is COc1ccc(C)cc1CN(C)C(=O)[C@@H](N)CCSC. The molecule has 1 aromatic carbocycles. The van der Waals surface area contributed by atoms with Gasteiger partial charge in [-0.3, -0.25) is 4.79 Å². The van der Waals surface area contributed by atoms with E-state index in [1.165, 1.54) is 0 Å². The lowest BCUT2D eigenvalue weighted by atomic mass is 10.1. The molecule has 1 atom stereocenters. The Morgan fingerprint density at radius 2 is 2.20 bits per heavy atom. The molecule has 0 unspecified atom stereocenters. The van der Waals surface area contributed by atoms with Gasteiger partial charge in [-0.05, 0) is 31.4 Å². The van der Waals surface area contributed by atoms with Crippen LogP contribution in [0.2, 0.25) is 0 Å². The summed E-state index contributed by atoms with van der Waals surface area (Å²) in [7, 11) is 3.42. The lowest BCUT2D eigenvalue weighted by molar-refractivity contribution is -0.131. The van der Waals surface area contributed by atoms with Crippen molar-refractivity contribution in [2.75, 3.05) is 26.2 Å². The summed E-state index contributed by atoms with van der Waals surface area (Å²) in [6.45, 7) is 2.53. The Morgan fingerprint density at radius 1 is 1.50 bits per heavy atom. The Hall–Kier alpha value is -1.20. The van der Waals surface area contributed by atoms with Crippen molar-refractivity contribution in [2.24, 2.45) is 5.73 Å². The highest BCUT2D eigenvalue weighted by Crippen LogP contribution is 2.21. The maximum absolute atomic E-state index is 12.2. The summed E-state index contributed by atoms with van der Waals surface area (Å²) in [5, 5.41) is 0. The third kappa shape index (κ3) is 4.72. The van der Waals surface area contributed by atoms with Crippen molar-refractivity contribution < 1.29 is 9.53 Å². The number of carbonyl (C=O) groups excluding carboxylic acids is 1. The second kappa shape index (κ2) is 8.17. The predicted octanol–water partition coefficient (Wildman–Crippen LogP) is 2.04. The molecule has 0 radical (unpaired) electrons. The topological polar surface area (TPSA) is 55.6 Å². The van der Waals surface area contributed by atoms with Crippen LogP contribution in [0.15, 0.2) is 18.2 Å². The largest absolute Gasteiger partial charge is 0.496 e. The van der Waals surface area contributed by atoms with E-state index in [1.54, 1.807) is 30.8 Å². The standard InChI is InChI=1S/C15H24N2O2S/c1-11-5-6-14(19-3)12(9-11)10-17(2)15(18)13(16)7-8-20-4/h5-6,9,13H,7-8,10,16H2,1-4H3/t13-/m0/s1. The Bertz CT molecular complexity index is 451. The van der Waals surface area contributed by atoms with Gasteiger partial charge in [-0.25, -0.2) is 0 Å². The lowest BCUT2D eigenvalue weighted by Crippen LogP contribution is -2.41. The molecule has 1 rings (SSSR count). The minimum atomic E-state index is -0.428. The number of amides is 1. The van der Waals surface area contributed by atoms with E-state index in [0.29, 0.717) is 13.0 Å². The number of methoxy groups -OCH3 is 1. The molecular formula is C15H24N2O2S. The zero-order valence-electron chi connectivity index (χ0n) is 12.7. The smallest absolute Gasteiger partial charge is 0.239 e. The minimum absolute atomic E-state index is 0.0254. The van der Waals surface area contributed by atoms with Gasteiger partial charge in [-0.2, -0.15) is 11.8 Å². The summed E-state index contributed by atoms with van der Waals surface area (Å²) in [5.74, 6) is 1.67. The number of hydrogen-bond donors (Lipinski definition) is 1. The van der Waals surface area contributed by atoms with Gasteiger partial charge < -0.3 is 15.4 Å². The molecule has 0 aliphatic heterocycles. The fraction of sp³-hybridized carbons (Fsp3) is 0.533. The molecule has 20 heavy (non-hydrogen) atoms. The van der Waals surface area contributed by atoms with E-state index in [-0.39, 0.29) is 5.91 Å². The first-order valence-corrected chi connectivity index (χ1v) is 8.02. The molecule has 112 valence electrons. The van der Waals surface area contributed by atoms with Gasteiger partial charge in [0, 0.05) is 19.2 Å². The van der Waals surface area contributed by atoms with E-state index < -0.39 is 6.04 Å². The molecule has 0 saturated heterocycles. The van der Waals surface area contributed by atoms with Crippen LogP contribution in [-0.2, 0) is 11.3 Å². The van der Waals surface area contributed by atoms with Crippen LogP contribution in [0.25, 0.3) is 0 Å². The van der Waals surface area contributed by atoms with Crippen LogP contribution in [0.3, 0.4) is 0 Å². The average Bonchev–Trinajstić information content (AvgIpc) is 2.44. The van der Waals surface area contributed by atoms with Gasteiger partial charge in [0.1, 0.15) is 5.75 Å². The van der Waals surface area contributed by atoms with Gasteiger partial charge in [0.15, 0.2) is 0 Å². The Kier molecular flexibility index (Phi) is 6.88. The number of nitrogens with two attached hydrogens (primary N) is 1. The van der Waals surface area contributed by atoms with Crippen molar-refractivity contribution in [2.45, 2.75) is 25.9 Å². The third-order valence-electron chi connectivity index (χ3n) is 3.17. The maximum Gasteiger partial charge on any atom is 0.239 e. The number of rotatable bonds is 7. The van der Waals surface area contributed by atoms with Crippen molar-refractivity contribution in [1.82, 2.24) is 4.90 Å². The van der Waals surface area contributed by atoms with Crippen molar-refractivity contribution in [3.8, 4) is 5.75 Å². The molecular weight excluding hydrogens is 272 g/mol. The number of nitrogens with zero attached hydrogens (tertiary/aromatic N) is 1. The monoisotopic (exact) mass is 296 g/mol. The summed E-state index contributed by atoms with van der Waals surface area (Å²) in [6.07, 6.45) is 2.72. The zero-order valence-corrected chi connectivity index (χ0v) is 13.5. The van der Waals surface area contributed by atoms with Crippen LogP contribution in [0, 0.1) is 6.92 Å². The molecule has 0 fully saturated rings. The first-order valence-electron chi connectivity index (χ1n) is 6.62. The molecule has 4 nitrogen and oxygen atoms in total. The summed E-state index contributed by atoms with van der Waals surface area (Å²) in [4.78, 5) is 13.9. The van der Waals surface area contributed by atoms with Gasteiger partial charge >= 0.3 is 0 Å².